The summed E-state index contributed by atoms with van der Waals surface area (Å²) in [6.07, 6.45) is 2.22. The second-order valence-corrected chi connectivity index (χ2v) is 9.03. The Hall–Kier alpha value is -1.55. The number of hydrogen-bond acceptors (Lipinski definition) is 4. The highest BCUT2D eigenvalue weighted by Gasteiger charge is 2.17. The second-order valence-electron chi connectivity index (χ2n) is 9.03. The smallest absolute Gasteiger partial charge is 0.407 e. The molecule has 31 heavy (non-hydrogen) atoms. The lowest BCUT2D eigenvalue weighted by molar-refractivity contribution is 0.0529. The standard InChI is InChI=1S/C23H39N5O2.HI/c1-18-9-8-14-28(16-18)17-20-11-7-6-10-19(20)15-27-21(24-5)25-12-13-26-22(29)30-23(2,3)4;/h6-7,10-11,18H,8-9,12-17H2,1-5H3,(H,26,29)(H2,24,25,27);1H. The Labute approximate surface area is 204 Å². The van der Waals surface area contributed by atoms with Gasteiger partial charge in [0.15, 0.2) is 5.96 Å². The molecule has 1 atom stereocenters. The Morgan fingerprint density at radius 2 is 1.84 bits per heavy atom. The summed E-state index contributed by atoms with van der Waals surface area (Å²) in [5, 5.41) is 9.34. The van der Waals surface area contributed by atoms with E-state index in [2.05, 4.69) is 57.0 Å². The number of rotatable bonds is 7. The van der Waals surface area contributed by atoms with Gasteiger partial charge in [-0.3, -0.25) is 9.89 Å². The van der Waals surface area contributed by atoms with Crippen LogP contribution >= 0.6 is 24.0 Å². The summed E-state index contributed by atoms with van der Waals surface area (Å²) in [5.41, 5.74) is 2.15. The molecule has 0 bridgehead atoms. The molecule has 1 aliphatic heterocycles. The Morgan fingerprint density at radius 1 is 1.16 bits per heavy atom. The van der Waals surface area contributed by atoms with Crippen molar-refractivity contribution >= 4 is 36.0 Å². The molecule has 1 aromatic carbocycles. The number of benzene rings is 1. The van der Waals surface area contributed by atoms with Crippen LogP contribution in [0, 0.1) is 5.92 Å². The maximum absolute atomic E-state index is 11.7. The molecule has 1 unspecified atom stereocenters. The molecule has 1 heterocycles. The number of piperidine rings is 1. The summed E-state index contributed by atoms with van der Waals surface area (Å²) in [6.45, 7) is 13.0. The van der Waals surface area contributed by atoms with Crippen molar-refractivity contribution in [3.05, 3.63) is 35.4 Å². The maximum atomic E-state index is 11.7. The van der Waals surface area contributed by atoms with Crippen LogP contribution < -0.4 is 16.0 Å². The van der Waals surface area contributed by atoms with Crippen molar-refractivity contribution in [2.75, 3.05) is 33.2 Å². The van der Waals surface area contributed by atoms with E-state index in [9.17, 15) is 4.79 Å². The number of halogens is 1. The van der Waals surface area contributed by atoms with Crippen LogP contribution in [0.25, 0.3) is 0 Å². The van der Waals surface area contributed by atoms with Crippen LogP contribution in [-0.2, 0) is 17.8 Å². The normalized spacial score (nSPS) is 17.5. The number of aliphatic imine (C=N–C) groups is 1. The molecule has 3 N–H and O–H groups in total. The maximum Gasteiger partial charge on any atom is 0.407 e. The van der Waals surface area contributed by atoms with E-state index in [4.69, 9.17) is 4.74 Å². The van der Waals surface area contributed by atoms with E-state index < -0.39 is 11.7 Å². The van der Waals surface area contributed by atoms with Crippen molar-refractivity contribution in [3.8, 4) is 0 Å². The summed E-state index contributed by atoms with van der Waals surface area (Å²) >= 11 is 0. The van der Waals surface area contributed by atoms with Crippen LogP contribution in [-0.4, -0.2) is 55.8 Å². The number of nitrogens with zero attached hydrogens (tertiary/aromatic N) is 2. The molecule has 0 saturated carbocycles. The van der Waals surface area contributed by atoms with Crippen molar-refractivity contribution in [1.29, 1.82) is 0 Å². The average Bonchev–Trinajstić information content (AvgIpc) is 2.67. The largest absolute Gasteiger partial charge is 0.444 e. The molecule has 1 aliphatic rings. The van der Waals surface area contributed by atoms with E-state index in [0.29, 0.717) is 25.6 Å². The van der Waals surface area contributed by atoms with Crippen molar-refractivity contribution < 1.29 is 9.53 Å². The van der Waals surface area contributed by atoms with E-state index in [1.54, 1.807) is 7.05 Å². The first-order valence-corrected chi connectivity index (χ1v) is 11.0. The SMILES string of the molecule is CN=C(NCCNC(=O)OC(C)(C)C)NCc1ccccc1CN1CCCC(C)C1.I. The third-order valence-electron chi connectivity index (χ3n) is 5.01. The van der Waals surface area contributed by atoms with Crippen LogP contribution in [0.2, 0.25) is 0 Å². The molecule has 1 amide bonds. The first kappa shape index (κ1) is 27.5. The number of ether oxygens (including phenoxy) is 1. The molecule has 0 spiro atoms. The number of guanidine groups is 1. The Balaban J connectivity index is 0.00000480. The average molecular weight is 546 g/mol. The van der Waals surface area contributed by atoms with Gasteiger partial charge < -0.3 is 20.7 Å². The molecule has 8 heteroatoms. The first-order valence-electron chi connectivity index (χ1n) is 11.0. The quantitative estimate of drug-likeness (QED) is 0.211. The number of alkyl carbamates (subject to hydrolysis) is 1. The highest BCUT2D eigenvalue weighted by atomic mass is 127. The van der Waals surface area contributed by atoms with Gasteiger partial charge >= 0.3 is 6.09 Å². The van der Waals surface area contributed by atoms with Crippen molar-refractivity contribution in [1.82, 2.24) is 20.9 Å². The lowest BCUT2D eigenvalue weighted by atomic mass is 9.99. The molecule has 0 radical (unpaired) electrons. The third-order valence-corrected chi connectivity index (χ3v) is 5.01. The zero-order chi connectivity index (χ0) is 22.0. The molecular weight excluding hydrogens is 505 g/mol. The van der Waals surface area contributed by atoms with E-state index in [1.807, 2.05) is 20.8 Å². The minimum atomic E-state index is -0.491. The summed E-state index contributed by atoms with van der Waals surface area (Å²) in [5.74, 6) is 1.49. The molecule has 176 valence electrons. The molecule has 2 rings (SSSR count). The van der Waals surface area contributed by atoms with E-state index >= 15 is 0 Å². The van der Waals surface area contributed by atoms with Gasteiger partial charge in [0.1, 0.15) is 5.60 Å². The fourth-order valence-corrected chi connectivity index (χ4v) is 3.61. The monoisotopic (exact) mass is 545 g/mol. The van der Waals surface area contributed by atoms with E-state index in [1.165, 1.54) is 37.1 Å². The summed E-state index contributed by atoms with van der Waals surface area (Å²) < 4.78 is 5.23. The van der Waals surface area contributed by atoms with Gasteiger partial charge in [-0.2, -0.15) is 0 Å². The van der Waals surface area contributed by atoms with Crippen molar-refractivity contribution in [2.45, 2.75) is 59.2 Å². The molecule has 1 saturated heterocycles. The lowest BCUT2D eigenvalue weighted by Gasteiger charge is -2.31. The van der Waals surface area contributed by atoms with Crippen LogP contribution in [0.3, 0.4) is 0 Å². The van der Waals surface area contributed by atoms with Gasteiger partial charge in [0, 0.05) is 39.8 Å². The van der Waals surface area contributed by atoms with Gasteiger partial charge in [0.05, 0.1) is 0 Å². The van der Waals surface area contributed by atoms with Gasteiger partial charge in [0.25, 0.3) is 0 Å². The molecule has 0 aliphatic carbocycles. The molecule has 7 nitrogen and oxygen atoms in total. The summed E-state index contributed by atoms with van der Waals surface area (Å²) in [7, 11) is 1.75. The predicted octanol–water partition coefficient (Wildman–Crippen LogP) is 3.73. The van der Waals surface area contributed by atoms with Gasteiger partial charge in [0.2, 0.25) is 0 Å². The highest BCUT2D eigenvalue weighted by molar-refractivity contribution is 14.0. The number of hydrogen-bond donors (Lipinski definition) is 3. The van der Waals surface area contributed by atoms with Gasteiger partial charge in [-0.15, -0.1) is 24.0 Å². The van der Waals surface area contributed by atoms with E-state index in [0.717, 1.165) is 12.5 Å². The molecule has 0 aromatic heterocycles. The molecule has 1 aromatic rings. The fourth-order valence-electron chi connectivity index (χ4n) is 3.61. The van der Waals surface area contributed by atoms with Crippen molar-refractivity contribution in [2.24, 2.45) is 10.9 Å². The van der Waals surface area contributed by atoms with Crippen LogP contribution in [0.15, 0.2) is 29.3 Å². The Morgan fingerprint density at radius 3 is 2.48 bits per heavy atom. The van der Waals surface area contributed by atoms with Gasteiger partial charge in [-0.1, -0.05) is 31.2 Å². The summed E-state index contributed by atoms with van der Waals surface area (Å²) in [6, 6.07) is 8.59. The van der Waals surface area contributed by atoms with Crippen LogP contribution in [0.4, 0.5) is 4.79 Å². The number of likely N-dealkylation sites (tertiary alicyclic amines) is 1. The van der Waals surface area contributed by atoms with Crippen LogP contribution in [0.5, 0.6) is 0 Å². The molecular formula is C23H40IN5O2. The Kier molecular flexibility index (Phi) is 12.2. The first-order chi connectivity index (χ1) is 14.3. The highest BCUT2D eigenvalue weighted by Crippen LogP contribution is 2.19. The van der Waals surface area contributed by atoms with Crippen LogP contribution in [0.1, 0.15) is 51.7 Å². The zero-order valence-electron chi connectivity index (χ0n) is 19.7. The number of nitrogens with one attached hydrogen (secondary N) is 3. The minimum Gasteiger partial charge on any atom is -0.444 e. The van der Waals surface area contributed by atoms with Gasteiger partial charge in [-0.05, 0) is 57.2 Å². The zero-order valence-corrected chi connectivity index (χ0v) is 22.0. The van der Waals surface area contributed by atoms with Crippen molar-refractivity contribution in [3.63, 3.8) is 0 Å². The van der Waals surface area contributed by atoms with E-state index in [-0.39, 0.29) is 24.0 Å². The second kappa shape index (κ2) is 13.8. The lowest BCUT2D eigenvalue weighted by Crippen LogP contribution is -2.42. The Bertz CT molecular complexity index is 705. The predicted molar refractivity (Wildman–Crippen MR) is 138 cm³/mol. The minimum absolute atomic E-state index is 0. The third kappa shape index (κ3) is 11.0. The topological polar surface area (TPSA) is 78.0 Å². The number of amides is 1. The summed E-state index contributed by atoms with van der Waals surface area (Å²) in [4.78, 5) is 18.5. The number of carbonyl (C=O) groups is 1. The van der Waals surface area contributed by atoms with Gasteiger partial charge in [-0.25, -0.2) is 4.79 Å². The fraction of sp³-hybridized carbons (Fsp3) is 0.652. The number of carbonyl (C=O) groups excluding carboxylic acids is 1. The molecule has 1 fully saturated rings.